The second-order valence-electron chi connectivity index (χ2n) is 7.41. The van der Waals surface area contributed by atoms with E-state index in [9.17, 15) is 0 Å². The van der Waals surface area contributed by atoms with E-state index < -0.39 is 0 Å². The van der Waals surface area contributed by atoms with Crippen LogP contribution >= 0.6 is 0 Å². The minimum atomic E-state index is 0.840. The summed E-state index contributed by atoms with van der Waals surface area (Å²) in [5.74, 6) is 1.86. The van der Waals surface area contributed by atoms with Crippen molar-refractivity contribution >= 4 is 0 Å². The summed E-state index contributed by atoms with van der Waals surface area (Å²) >= 11 is 0. The molecule has 0 radical (unpaired) electrons. The highest BCUT2D eigenvalue weighted by Gasteiger charge is 2.21. The summed E-state index contributed by atoms with van der Waals surface area (Å²) in [4.78, 5) is 0. The van der Waals surface area contributed by atoms with Crippen molar-refractivity contribution in [2.24, 2.45) is 5.92 Å². The highest BCUT2D eigenvalue weighted by molar-refractivity contribution is 5.25. The first-order valence-corrected chi connectivity index (χ1v) is 9.92. The highest BCUT2D eigenvalue weighted by Crippen LogP contribution is 2.37. The predicted octanol–water partition coefficient (Wildman–Crippen LogP) is 7.27. The molecule has 0 spiro atoms. The smallest absolute Gasteiger partial charge is 0.0162 e. The lowest BCUT2D eigenvalue weighted by atomic mass is 9.77. The number of benzene rings is 1. The molecule has 0 aliphatic heterocycles. The van der Waals surface area contributed by atoms with Crippen LogP contribution in [0.25, 0.3) is 0 Å². The Morgan fingerprint density at radius 2 is 1.45 bits per heavy atom. The van der Waals surface area contributed by atoms with Gasteiger partial charge >= 0.3 is 0 Å². The van der Waals surface area contributed by atoms with Crippen LogP contribution in [-0.4, -0.2) is 0 Å². The monoisotopic (exact) mass is 300 g/mol. The van der Waals surface area contributed by atoms with Crippen LogP contribution < -0.4 is 0 Å². The summed E-state index contributed by atoms with van der Waals surface area (Å²) in [5.41, 5.74) is 3.14. The molecule has 1 aliphatic carbocycles. The van der Waals surface area contributed by atoms with Gasteiger partial charge in [0.1, 0.15) is 0 Å². The van der Waals surface area contributed by atoms with Gasteiger partial charge in [-0.25, -0.2) is 0 Å². The largest absolute Gasteiger partial charge is 0.0654 e. The highest BCUT2D eigenvalue weighted by atomic mass is 14.3. The van der Waals surface area contributed by atoms with Gasteiger partial charge in [-0.05, 0) is 61.5 Å². The van der Waals surface area contributed by atoms with Crippen molar-refractivity contribution in [1.29, 1.82) is 0 Å². The summed E-state index contributed by atoms with van der Waals surface area (Å²) in [6.45, 7) is 4.60. The van der Waals surface area contributed by atoms with Crippen molar-refractivity contribution in [3.63, 3.8) is 0 Å². The Balaban J connectivity index is 1.74. The Bertz CT molecular complexity index is 381. The van der Waals surface area contributed by atoms with Crippen LogP contribution in [0.3, 0.4) is 0 Å². The molecule has 1 aromatic carbocycles. The summed E-state index contributed by atoms with van der Waals surface area (Å²) in [5, 5.41) is 0. The molecule has 0 aromatic heterocycles. The van der Waals surface area contributed by atoms with E-state index in [2.05, 4.69) is 38.1 Å². The Kier molecular flexibility index (Phi) is 8.05. The third-order valence-corrected chi connectivity index (χ3v) is 5.58. The number of rotatable bonds is 9. The van der Waals surface area contributed by atoms with Gasteiger partial charge in [-0.1, -0.05) is 76.6 Å². The molecule has 0 atom stereocenters. The minimum Gasteiger partial charge on any atom is -0.0654 e. The van der Waals surface area contributed by atoms with E-state index in [-0.39, 0.29) is 0 Å². The molecular formula is C22H36. The zero-order chi connectivity index (χ0) is 15.6. The molecule has 0 unspecified atom stereocenters. The molecule has 0 nitrogen and oxygen atoms in total. The fourth-order valence-electron chi connectivity index (χ4n) is 3.99. The number of hydrogen-bond donors (Lipinski definition) is 0. The lowest BCUT2D eigenvalue weighted by molar-refractivity contribution is 0.304. The molecule has 22 heavy (non-hydrogen) atoms. The second kappa shape index (κ2) is 10.1. The third kappa shape index (κ3) is 5.78. The van der Waals surface area contributed by atoms with Gasteiger partial charge in [0.2, 0.25) is 0 Å². The molecule has 0 bridgehead atoms. The molecular weight excluding hydrogens is 264 g/mol. The first kappa shape index (κ1) is 17.6. The van der Waals surface area contributed by atoms with E-state index in [1.165, 1.54) is 82.6 Å². The van der Waals surface area contributed by atoms with Gasteiger partial charge in [-0.15, -0.1) is 0 Å². The number of hydrogen-bond acceptors (Lipinski definition) is 0. The topological polar surface area (TPSA) is 0 Å². The average molecular weight is 301 g/mol. The zero-order valence-corrected chi connectivity index (χ0v) is 14.9. The second-order valence-corrected chi connectivity index (χ2v) is 7.41. The first-order valence-electron chi connectivity index (χ1n) is 9.92. The quantitative estimate of drug-likeness (QED) is 0.420. The zero-order valence-electron chi connectivity index (χ0n) is 14.9. The van der Waals surface area contributed by atoms with E-state index in [0.29, 0.717) is 0 Å². The number of unbranched alkanes of at least 4 members (excludes halogenated alkanes) is 4. The molecule has 1 aromatic rings. The summed E-state index contributed by atoms with van der Waals surface area (Å²) < 4.78 is 0. The van der Waals surface area contributed by atoms with Gasteiger partial charge in [-0.2, -0.15) is 0 Å². The van der Waals surface area contributed by atoms with E-state index in [4.69, 9.17) is 0 Å². The summed E-state index contributed by atoms with van der Waals surface area (Å²) in [6, 6.07) is 9.63. The van der Waals surface area contributed by atoms with Crippen molar-refractivity contribution in [3.8, 4) is 0 Å². The predicted molar refractivity (Wildman–Crippen MR) is 98.5 cm³/mol. The lowest BCUT2D eigenvalue weighted by Gasteiger charge is -2.29. The fraction of sp³-hybridized carbons (Fsp3) is 0.727. The SMILES string of the molecule is CCCCCCc1ccc(C2CCC(CCCC)CC2)cc1. The average Bonchev–Trinajstić information content (AvgIpc) is 2.58. The van der Waals surface area contributed by atoms with Gasteiger partial charge in [0.25, 0.3) is 0 Å². The van der Waals surface area contributed by atoms with Crippen LogP contribution in [0.2, 0.25) is 0 Å². The molecule has 0 N–H and O–H groups in total. The minimum absolute atomic E-state index is 0.840. The molecule has 1 aliphatic rings. The number of aryl methyl sites for hydroxylation is 1. The maximum atomic E-state index is 2.42. The van der Waals surface area contributed by atoms with Crippen molar-refractivity contribution in [2.75, 3.05) is 0 Å². The van der Waals surface area contributed by atoms with Gasteiger partial charge < -0.3 is 0 Å². The normalized spacial score (nSPS) is 21.9. The van der Waals surface area contributed by atoms with Crippen LogP contribution in [0.5, 0.6) is 0 Å². The molecule has 1 saturated carbocycles. The third-order valence-electron chi connectivity index (χ3n) is 5.58. The standard InChI is InChI=1S/C22H36/c1-3-5-7-8-10-20-13-17-22(18-14-20)21-15-11-19(12-16-21)9-6-4-2/h13-14,17-19,21H,3-12,15-16H2,1-2H3. The molecule has 0 heteroatoms. The maximum Gasteiger partial charge on any atom is -0.0162 e. The van der Waals surface area contributed by atoms with E-state index in [0.717, 1.165) is 11.8 Å². The van der Waals surface area contributed by atoms with Crippen molar-refractivity contribution in [3.05, 3.63) is 35.4 Å². The van der Waals surface area contributed by atoms with Crippen LogP contribution in [0, 0.1) is 5.92 Å². The fourth-order valence-corrected chi connectivity index (χ4v) is 3.99. The first-order chi connectivity index (χ1) is 10.8. The summed E-state index contributed by atoms with van der Waals surface area (Å²) in [6.07, 6.45) is 16.8. The molecule has 124 valence electrons. The Hall–Kier alpha value is -0.780. The Morgan fingerprint density at radius 3 is 2.09 bits per heavy atom. The summed E-state index contributed by atoms with van der Waals surface area (Å²) in [7, 11) is 0. The van der Waals surface area contributed by atoms with E-state index in [1.54, 1.807) is 5.56 Å². The van der Waals surface area contributed by atoms with Crippen molar-refractivity contribution < 1.29 is 0 Å². The van der Waals surface area contributed by atoms with Gasteiger partial charge in [0.15, 0.2) is 0 Å². The van der Waals surface area contributed by atoms with Gasteiger partial charge in [0.05, 0.1) is 0 Å². The van der Waals surface area contributed by atoms with Gasteiger partial charge in [0, 0.05) is 0 Å². The van der Waals surface area contributed by atoms with Crippen LogP contribution in [-0.2, 0) is 6.42 Å². The van der Waals surface area contributed by atoms with E-state index >= 15 is 0 Å². The van der Waals surface area contributed by atoms with Crippen molar-refractivity contribution in [2.45, 2.75) is 96.8 Å². The molecule has 0 heterocycles. The molecule has 0 saturated heterocycles. The molecule has 1 fully saturated rings. The van der Waals surface area contributed by atoms with E-state index in [1.807, 2.05) is 0 Å². The van der Waals surface area contributed by atoms with Crippen LogP contribution in [0.4, 0.5) is 0 Å². The Labute approximate surface area is 138 Å². The van der Waals surface area contributed by atoms with Gasteiger partial charge in [-0.3, -0.25) is 0 Å². The van der Waals surface area contributed by atoms with Crippen LogP contribution in [0.1, 0.15) is 102 Å². The van der Waals surface area contributed by atoms with Crippen LogP contribution in [0.15, 0.2) is 24.3 Å². The van der Waals surface area contributed by atoms with Crippen molar-refractivity contribution in [1.82, 2.24) is 0 Å². The maximum absolute atomic E-state index is 2.42. The Morgan fingerprint density at radius 1 is 0.773 bits per heavy atom. The molecule has 0 amide bonds. The molecule has 2 rings (SSSR count). The lowest BCUT2D eigenvalue weighted by Crippen LogP contribution is -2.13.